The maximum atomic E-state index is 12.1. The first-order chi connectivity index (χ1) is 9.24. The van der Waals surface area contributed by atoms with Crippen LogP contribution in [0.4, 0.5) is 5.69 Å². The van der Waals surface area contributed by atoms with Crippen LogP contribution in [0.3, 0.4) is 0 Å². The number of pyridine rings is 1. The van der Waals surface area contributed by atoms with Crippen molar-refractivity contribution in [3.63, 3.8) is 0 Å². The Morgan fingerprint density at radius 1 is 1.21 bits per heavy atom. The Bertz CT molecular complexity index is 771. The third-order valence-electron chi connectivity index (χ3n) is 2.72. The molecule has 2 aromatic heterocycles. The number of rotatable bonds is 2. The summed E-state index contributed by atoms with van der Waals surface area (Å²) in [5, 5.41) is 3.64. The Labute approximate surface area is 112 Å². The van der Waals surface area contributed by atoms with E-state index in [9.17, 15) is 9.59 Å². The number of amides is 1. The van der Waals surface area contributed by atoms with Crippen LogP contribution in [-0.4, -0.2) is 10.9 Å². The van der Waals surface area contributed by atoms with Crippen LogP contribution in [0.2, 0.25) is 0 Å². The molecule has 2 heterocycles. The van der Waals surface area contributed by atoms with Gasteiger partial charge in [0.05, 0.1) is 4.88 Å². The molecule has 1 amide bonds. The average molecular weight is 270 g/mol. The van der Waals surface area contributed by atoms with Crippen LogP contribution in [0.25, 0.3) is 10.1 Å². The molecular weight excluding hydrogens is 260 g/mol. The second-order valence-corrected chi connectivity index (χ2v) is 5.11. The minimum absolute atomic E-state index is 0.215. The molecule has 0 unspecified atom stereocenters. The number of H-pyrrole nitrogens is 1. The van der Waals surface area contributed by atoms with Crippen molar-refractivity contribution < 1.29 is 4.79 Å². The number of carbonyl (C=O) groups excluding carboxylic acids is 1. The Kier molecular flexibility index (Phi) is 2.89. The standard InChI is InChI=1S/C14H10N2O2S/c17-11-5-6-15-8-10(11)16-14(18)13-7-9-3-1-2-4-12(9)19-13/h1-8H,(H,15,17)(H,16,18). The summed E-state index contributed by atoms with van der Waals surface area (Å²) in [7, 11) is 0. The van der Waals surface area contributed by atoms with E-state index in [0.717, 1.165) is 10.1 Å². The van der Waals surface area contributed by atoms with E-state index in [0.29, 0.717) is 4.88 Å². The first kappa shape index (κ1) is 11.7. The van der Waals surface area contributed by atoms with Gasteiger partial charge >= 0.3 is 0 Å². The van der Waals surface area contributed by atoms with Crippen LogP contribution in [0, 0.1) is 0 Å². The van der Waals surface area contributed by atoms with Crippen LogP contribution < -0.4 is 10.7 Å². The Hall–Kier alpha value is -2.40. The second-order valence-electron chi connectivity index (χ2n) is 4.02. The van der Waals surface area contributed by atoms with E-state index in [-0.39, 0.29) is 17.0 Å². The van der Waals surface area contributed by atoms with Crippen molar-refractivity contribution in [3.8, 4) is 0 Å². The summed E-state index contributed by atoms with van der Waals surface area (Å²) < 4.78 is 1.05. The number of thiophene rings is 1. The number of hydrogen-bond acceptors (Lipinski definition) is 3. The molecule has 2 N–H and O–H groups in total. The molecule has 0 spiro atoms. The molecule has 19 heavy (non-hydrogen) atoms. The van der Waals surface area contributed by atoms with Crippen molar-refractivity contribution in [1.82, 2.24) is 4.98 Å². The molecule has 0 radical (unpaired) electrons. The van der Waals surface area contributed by atoms with Gasteiger partial charge < -0.3 is 10.3 Å². The summed E-state index contributed by atoms with van der Waals surface area (Å²) in [6, 6.07) is 11.0. The molecule has 0 bridgehead atoms. The average Bonchev–Trinajstić information content (AvgIpc) is 2.85. The van der Waals surface area contributed by atoms with E-state index in [4.69, 9.17) is 0 Å². The van der Waals surface area contributed by atoms with Crippen LogP contribution in [0.5, 0.6) is 0 Å². The van der Waals surface area contributed by atoms with E-state index < -0.39 is 0 Å². The fourth-order valence-corrected chi connectivity index (χ4v) is 2.75. The minimum atomic E-state index is -0.266. The zero-order valence-corrected chi connectivity index (χ0v) is 10.7. The summed E-state index contributed by atoms with van der Waals surface area (Å²) in [6.45, 7) is 0. The number of aromatic nitrogens is 1. The molecule has 3 aromatic rings. The van der Waals surface area contributed by atoms with Gasteiger partial charge in [0.1, 0.15) is 5.69 Å². The van der Waals surface area contributed by atoms with Gasteiger partial charge in [-0.05, 0) is 17.5 Å². The lowest BCUT2D eigenvalue weighted by Crippen LogP contribution is -2.16. The number of hydrogen-bond donors (Lipinski definition) is 2. The van der Waals surface area contributed by atoms with E-state index in [1.807, 2.05) is 30.3 Å². The predicted octanol–water partition coefficient (Wildman–Crippen LogP) is 2.84. The molecule has 3 rings (SSSR count). The molecule has 4 nitrogen and oxygen atoms in total. The number of fused-ring (bicyclic) bond motifs is 1. The highest BCUT2D eigenvalue weighted by Crippen LogP contribution is 2.25. The van der Waals surface area contributed by atoms with E-state index in [1.54, 1.807) is 0 Å². The fourth-order valence-electron chi connectivity index (χ4n) is 1.79. The molecule has 0 atom stereocenters. The monoisotopic (exact) mass is 270 g/mol. The molecule has 0 aliphatic carbocycles. The fraction of sp³-hybridized carbons (Fsp3) is 0. The maximum absolute atomic E-state index is 12.1. The van der Waals surface area contributed by atoms with Gasteiger partial charge in [-0.15, -0.1) is 11.3 Å². The van der Waals surface area contributed by atoms with Crippen LogP contribution in [0.1, 0.15) is 9.67 Å². The SMILES string of the molecule is O=C(Nc1c[nH]ccc1=O)c1cc2ccccc2s1. The predicted molar refractivity (Wildman–Crippen MR) is 76.8 cm³/mol. The van der Waals surface area contributed by atoms with Gasteiger partial charge in [-0.2, -0.15) is 0 Å². The van der Waals surface area contributed by atoms with Gasteiger partial charge in [0.15, 0.2) is 0 Å². The number of aromatic amines is 1. The third-order valence-corrected chi connectivity index (χ3v) is 3.84. The highest BCUT2D eigenvalue weighted by atomic mass is 32.1. The molecule has 0 aliphatic heterocycles. The van der Waals surface area contributed by atoms with Crippen LogP contribution in [-0.2, 0) is 0 Å². The Morgan fingerprint density at radius 2 is 2.05 bits per heavy atom. The molecular formula is C14H10N2O2S. The summed E-state index contributed by atoms with van der Waals surface area (Å²) in [4.78, 5) is 27.0. The van der Waals surface area contributed by atoms with E-state index in [1.165, 1.54) is 29.8 Å². The molecule has 1 aromatic carbocycles. The summed E-state index contributed by atoms with van der Waals surface area (Å²) in [5.41, 5.74) is 0.0400. The molecule has 0 fully saturated rings. The van der Waals surface area contributed by atoms with Gasteiger partial charge in [-0.25, -0.2) is 0 Å². The summed E-state index contributed by atoms with van der Waals surface area (Å²) in [5.74, 6) is -0.266. The lowest BCUT2D eigenvalue weighted by Gasteiger charge is -2.01. The molecule has 0 aliphatic rings. The highest BCUT2D eigenvalue weighted by Gasteiger charge is 2.11. The Morgan fingerprint density at radius 3 is 2.84 bits per heavy atom. The summed E-state index contributed by atoms with van der Waals surface area (Å²) >= 11 is 1.41. The zero-order chi connectivity index (χ0) is 13.2. The van der Waals surface area contributed by atoms with Gasteiger partial charge in [0.25, 0.3) is 5.91 Å². The number of anilines is 1. The Balaban J connectivity index is 1.92. The lowest BCUT2D eigenvalue weighted by atomic mass is 10.2. The molecule has 5 heteroatoms. The van der Waals surface area contributed by atoms with Crippen molar-refractivity contribution in [2.75, 3.05) is 5.32 Å². The topological polar surface area (TPSA) is 62.0 Å². The zero-order valence-electron chi connectivity index (χ0n) is 9.84. The van der Waals surface area contributed by atoms with Gasteiger partial charge in [0.2, 0.25) is 5.43 Å². The van der Waals surface area contributed by atoms with Crippen molar-refractivity contribution >= 4 is 33.0 Å². The highest BCUT2D eigenvalue weighted by molar-refractivity contribution is 7.20. The van der Waals surface area contributed by atoms with Crippen molar-refractivity contribution in [1.29, 1.82) is 0 Å². The molecule has 94 valence electrons. The largest absolute Gasteiger partial charge is 0.366 e. The summed E-state index contributed by atoms with van der Waals surface area (Å²) in [6.07, 6.45) is 3.00. The van der Waals surface area contributed by atoms with Gasteiger partial charge in [0, 0.05) is 23.2 Å². The lowest BCUT2D eigenvalue weighted by molar-refractivity contribution is 0.103. The maximum Gasteiger partial charge on any atom is 0.265 e. The van der Waals surface area contributed by atoms with Crippen molar-refractivity contribution in [2.45, 2.75) is 0 Å². The minimum Gasteiger partial charge on any atom is -0.366 e. The number of carbonyl (C=O) groups is 1. The smallest absolute Gasteiger partial charge is 0.265 e. The normalized spacial score (nSPS) is 10.5. The molecule has 0 saturated heterocycles. The number of nitrogens with one attached hydrogen (secondary N) is 2. The van der Waals surface area contributed by atoms with E-state index >= 15 is 0 Å². The van der Waals surface area contributed by atoms with E-state index in [2.05, 4.69) is 10.3 Å². The van der Waals surface area contributed by atoms with Crippen molar-refractivity contribution in [3.05, 3.63) is 63.9 Å². The van der Waals surface area contributed by atoms with Crippen molar-refractivity contribution in [2.24, 2.45) is 0 Å². The second kappa shape index (κ2) is 4.70. The van der Waals surface area contributed by atoms with Crippen LogP contribution in [0.15, 0.2) is 53.6 Å². The quantitative estimate of drug-likeness (QED) is 0.752. The first-order valence-corrected chi connectivity index (χ1v) is 6.53. The molecule has 0 saturated carbocycles. The number of benzene rings is 1. The van der Waals surface area contributed by atoms with Gasteiger partial charge in [-0.1, -0.05) is 18.2 Å². The third kappa shape index (κ3) is 2.28. The van der Waals surface area contributed by atoms with Gasteiger partial charge in [-0.3, -0.25) is 9.59 Å². The van der Waals surface area contributed by atoms with Crippen LogP contribution >= 0.6 is 11.3 Å². The first-order valence-electron chi connectivity index (χ1n) is 5.71.